The maximum atomic E-state index is 10.5. The van der Waals surface area contributed by atoms with Crippen LogP contribution in [0.5, 0.6) is 0 Å². The van der Waals surface area contributed by atoms with Crippen molar-refractivity contribution in [3.8, 4) is 10.6 Å². The van der Waals surface area contributed by atoms with Crippen LogP contribution in [0.25, 0.3) is 10.6 Å². The van der Waals surface area contributed by atoms with Crippen LogP contribution in [0.3, 0.4) is 0 Å². The Morgan fingerprint density at radius 1 is 1.32 bits per heavy atom. The maximum Gasteiger partial charge on any atom is 0.136 e. The standard InChI is InChI=1S/C16H18N2O2S2/c1-11-3-4-14(20-11)16(2,19)10-17-7-13-9-22-15(18-13)12-5-6-21-8-12/h3-6,8-9,17,19H,7,10H2,1-2H3. The van der Waals surface area contributed by atoms with Crippen LogP contribution in [0.2, 0.25) is 0 Å². The van der Waals surface area contributed by atoms with Crippen molar-refractivity contribution in [3.05, 3.63) is 51.6 Å². The summed E-state index contributed by atoms with van der Waals surface area (Å²) in [5, 5.41) is 20.9. The summed E-state index contributed by atoms with van der Waals surface area (Å²) in [6.07, 6.45) is 0. The molecule has 22 heavy (non-hydrogen) atoms. The van der Waals surface area contributed by atoms with E-state index in [1.807, 2.05) is 24.4 Å². The molecule has 6 heteroatoms. The van der Waals surface area contributed by atoms with Gasteiger partial charge in [0.05, 0.1) is 5.69 Å². The van der Waals surface area contributed by atoms with Gasteiger partial charge in [-0.2, -0.15) is 11.3 Å². The number of thiophene rings is 1. The highest BCUT2D eigenvalue weighted by Gasteiger charge is 2.26. The van der Waals surface area contributed by atoms with Gasteiger partial charge in [0.15, 0.2) is 0 Å². The second-order valence-electron chi connectivity index (χ2n) is 5.44. The van der Waals surface area contributed by atoms with Gasteiger partial charge in [-0.3, -0.25) is 0 Å². The minimum atomic E-state index is -1.03. The molecule has 3 heterocycles. The Bertz CT molecular complexity index is 729. The number of aromatic nitrogens is 1. The molecule has 3 rings (SSSR count). The van der Waals surface area contributed by atoms with Crippen LogP contribution in [0.15, 0.2) is 38.8 Å². The summed E-state index contributed by atoms with van der Waals surface area (Å²) in [6, 6.07) is 5.75. The van der Waals surface area contributed by atoms with Crippen molar-refractivity contribution in [1.29, 1.82) is 0 Å². The zero-order chi connectivity index (χ0) is 15.6. The Kier molecular flexibility index (Phi) is 4.44. The molecule has 116 valence electrons. The number of nitrogens with one attached hydrogen (secondary N) is 1. The van der Waals surface area contributed by atoms with Gasteiger partial charge in [0.2, 0.25) is 0 Å². The topological polar surface area (TPSA) is 58.3 Å². The van der Waals surface area contributed by atoms with Crippen LogP contribution >= 0.6 is 22.7 Å². The summed E-state index contributed by atoms with van der Waals surface area (Å²) in [4.78, 5) is 4.61. The molecule has 1 atom stereocenters. The van der Waals surface area contributed by atoms with E-state index in [1.165, 1.54) is 5.56 Å². The molecule has 0 bridgehead atoms. The number of hydrogen-bond donors (Lipinski definition) is 2. The van der Waals surface area contributed by atoms with E-state index in [0.717, 1.165) is 16.5 Å². The second kappa shape index (κ2) is 6.34. The van der Waals surface area contributed by atoms with Gasteiger partial charge in [-0.05, 0) is 37.4 Å². The van der Waals surface area contributed by atoms with Gasteiger partial charge in [-0.15, -0.1) is 11.3 Å². The first-order valence-electron chi connectivity index (χ1n) is 7.01. The van der Waals surface area contributed by atoms with Crippen LogP contribution in [0, 0.1) is 6.92 Å². The molecule has 1 unspecified atom stereocenters. The van der Waals surface area contributed by atoms with Gasteiger partial charge in [-0.25, -0.2) is 4.98 Å². The predicted molar refractivity (Wildman–Crippen MR) is 90.1 cm³/mol. The van der Waals surface area contributed by atoms with Crippen LogP contribution in [0.1, 0.15) is 24.1 Å². The highest BCUT2D eigenvalue weighted by Crippen LogP contribution is 2.26. The van der Waals surface area contributed by atoms with E-state index in [0.29, 0.717) is 18.8 Å². The SMILES string of the molecule is Cc1ccc(C(C)(O)CNCc2csc(-c3ccsc3)n2)o1. The number of thiazole rings is 1. The van der Waals surface area contributed by atoms with E-state index in [1.54, 1.807) is 29.6 Å². The third kappa shape index (κ3) is 3.47. The van der Waals surface area contributed by atoms with Crippen molar-refractivity contribution in [2.45, 2.75) is 26.0 Å². The Hall–Kier alpha value is -1.47. The molecule has 2 N–H and O–H groups in total. The number of furan rings is 1. The van der Waals surface area contributed by atoms with Crippen molar-refractivity contribution < 1.29 is 9.52 Å². The van der Waals surface area contributed by atoms with Crippen molar-refractivity contribution in [2.24, 2.45) is 0 Å². The molecule has 3 aromatic heterocycles. The van der Waals surface area contributed by atoms with E-state index < -0.39 is 5.60 Å². The average molecular weight is 334 g/mol. The van der Waals surface area contributed by atoms with E-state index in [4.69, 9.17) is 4.42 Å². The molecular formula is C16H18N2O2S2. The first-order valence-corrected chi connectivity index (χ1v) is 8.84. The molecule has 0 radical (unpaired) electrons. The molecule has 0 aliphatic carbocycles. The van der Waals surface area contributed by atoms with E-state index in [9.17, 15) is 5.11 Å². The molecule has 0 spiro atoms. The van der Waals surface area contributed by atoms with Crippen molar-refractivity contribution in [2.75, 3.05) is 6.54 Å². The van der Waals surface area contributed by atoms with Crippen LogP contribution in [-0.2, 0) is 12.1 Å². The van der Waals surface area contributed by atoms with Crippen LogP contribution in [-0.4, -0.2) is 16.6 Å². The van der Waals surface area contributed by atoms with Gasteiger partial charge in [0.25, 0.3) is 0 Å². The molecular weight excluding hydrogens is 316 g/mol. The summed E-state index contributed by atoms with van der Waals surface area (Å²) < 4.78 is 5.50. The van der Waals surface area contributed by atoms with Crippen molar-refractivity contribution >= 4 is 22.7 Å². The quantitative estimate of drug-likeness (QED) is 0.720. The zero-order valence-corrected chi connectivity index (χ0v) is 14.1. The fourth-order valence-corrected chi connectivity index (χ4v) is 3.68. The fraction of sp³-hybridized carbons (Fsp3) is 0.312. The molecule has 4 nitrogen and oxygen atoms in total. The van der Waals surface area contributed by atoms with Crippen molar-refractivity contribution in [1.82, 2.24) is 10.3 Å². The van der Waals surface area contributed by atoms with E-state index >= 15 is 0 Å². The molecule has 0 saturated heterocycles. The van der Waals surface area contributed by atoms with Crippen molar-refractivity contribution in [3.63, 3.8) is 0 Å². The molecule has 3 aromatic rings. The average Bonchev–Trinajstić information content (AvgIpc) is 3.18. The smallest absolute Gasteiger partial charge is 0.136 e. The number of hydrogen-bond acceptors (Lipinski definition) is 6. The Morgan fingerprint density at radius 2 is 2.18 bits per heavy atom. The summed E-state index contributed by atoms with van der Waals surface area (Å²) in [7, 11) is 0. The Labute approximate surface area is 137 Å². The second-order valence-corrected chi connectivity index (χ2v) is 7.08. The maximum absolute atomic E-state index is 10.5. The Balaban J connectivity index is 1.57. The zero-order valence-electron chi connectivity index (χ0n) is 12.5. The molecule has 0 aromatic carbocycles. The first kappa shape index (κ1) is 15.4. The first-order chi connectivity index (χ1) is 10.5. The van der Waals surface area contributed by atoms with E-state index in [2.05, 4.69) is 27.1 Å². The molecule has 0 amide bonds. The normalized spacial score (nSPS) is 14.1. The number of rotatable bonds is 6. The third-order valence-corrected chi connectivity index (χ3v) is 4.99. The predicted octanol–water partition coefficient (Wildman–Crippen LogP) is 3.77. The lowest BCUT2D eigenvalue weighted by Crippen LogP contribution is -2.34. The molecule has 0 fully saturated rings. The van der Waals surface area contributed by atoms with Gasteiger partial charge in [0.1, 0.15) is 22.1 Å². The lowest BCUT2D eigenvalue weighted by molar-refractivity contribution is 0.0332. The van der Waals surface area contributed by atoms with Gasteiger partial charge in [-0.1, -0.05) is 0 Å². The summed E-state index contributed by atoms with van der Waals surface area (Å²) in [6.45, 7) is 4.64. The largest absolute Gasteiger partial charge is 0.463 e. The van der Waals surface area contributed by atoms with Gasteiger partial charge in [0, 0.05) is 29.4 Å². The molecule has 0 aliphatic rings. The molecule has 0 saturated carbocycles. The minimum Gasteiger partial charge on any atom is -0.463 e. The lowest BCUT2D eigenvalue weighted by Gasteiger charge is -2.21. The highest BCUT2D eigenvalue weighted by atomic mass is 32.1. The monoisotopic (exact) mass is 334 g/mol. The number of nitrogens with zero attached hydrogens (tertiary/aromatic N) is 1. The van der Waals surface area contributed by atoms with Crippen LogP contribution < -0.4 is 5.32 Å². The third-order valence-electron chi connectivity index (χ3n) is 3.37. The lowest BCUT2D eigenvalue weighted by atomic mass is 10.0. The Morgan fingerprint density at radius 3 is 2.86 bits per heavy atom. The fourth-order valence-electron chi connectivity index (χ4n) is 2.15. The highest BCUT2D eigenvalue weighted by molar-refractivity contribution is 7.14. The van der Waals surface area contributed by atoms with Gasteiger partial charge >= 0.3 is 0 Å². The van der Waals surface area contributed by atoms with Gasteiger partial charge < -0.3 is 14.8 Å². The summed E-state index contributed by atoms with van der Waals surface area (Å²) in [5.41, 5.74) is 1.12. The number of aliphatic hydroxyl groups is 1. The summed E-state index contributed by atoms with van der Waals surface area (Å²) >= 11 is 3.31. The molecule has 0 aliphatic heterocycles. The van der Waals surface area contributed by atoms with Crippen LogP contribution in [0.4, 0.5) is 0 Å². The minimum absolute atomic E-state index is 0.408. The number of aryl methyl sites for hydroxylation is 1. The van der Waals surface area contributed by atoms with E-state index in [-0.39, 0.29) is 0 Å². The summed E-state index contributed by atoms with van der Waals surface area (Å²) in [5.74, 6) is 1.38.